The van der Waals surface area contributed by atoms with E-state index in [0.29, 0.717) is 22.4 Å². The van der Waals surface area contributed by atoms with Crippen molar-refractivity contribution in [2.45, 2.75) is 90.0 Å². The van der Waals surface area contributed by atoms with Crippen LogP contribution in [0.4, 0.5) is 0 Å². The quantitative estimate of drug-likeness (QED) is 0.195. The van der Waals surface area contributed by atoms with Crippen LogP contribution in [-0.2, 0) is 12.8 Å². The second-order valence-electron chi connectivity index (χ2n) is 9.06. The van der Waals surface area contributed by atoms with Gasteiger partial charge in [-0.15, -0.1) is 0 Å². The van der Waals surface area contributed by atoms with Crippen LogP contribution in [0.25, 0.3) is 11.5 Å². The zero-order valence-electron chi connectivity index (χ0n) is 20.2. The van der Waals surface area contributed by atoms with Crippen molar-refractivity contribution in [2.75, 3.05) is 0 Å². The molecule has 0 bridgehead atoms. The van der Waals surface area contributed by atoms with E-state index in [1.165, 1.54) is 51.4 Å². The lowest BCUT2D eigenvalue weighted by molar-refractivity contribution is 0.420. The number of benzene rings is 2. The summed E-state index contributed by atoms with van der Waals surface area (Å²) in [6, 6.07) is 13.2. The van der Waals surface area contributed by atoms with E-state index in [1.807, 2.05) is 36.4 Å². The van der Waals surface area contributed by atoms with Gasteiger partial charge in [-0.3, -0.25) is 0 Å². The van der Waals surface area contributed by atoms with Gasteiger partial charge in [-0.25, -0.2) is 5.73 Å². The molecule has 3 rings (SSSR count). The third-order valence-corrected chi connectivity index (χ3v) is 6.95. The Labute approximate surface area is 214 Å². The topological polar surface area (TPSA) is 62.7 Å². The fraction of sp³-hybridized carbons (Fsp3) is 0.500. The Hall–Kier alpha value is -1.88. The molecule has 0 amide bonds. The second kappa shape index (κ2) is 14.5. The summed E-state index contributed by atoms with van der Waals surface area (Å²) < 4.78 is 5.52. The van der Waals surface area contributed by atoms with Crippen molar-refractivity contribution in [2.24, 2.45) is 0 Å². The molecule has 0 saturated carbocycles. The number of nitrogens with one attached hydrogen (secondary N) is 1. The van der Waals surface area contributed by atoms with Gasteiger partial charge in [0.05, 0.1) is 10.0 Å². The molecular weight excluding hydrogens is 465 g/mol. The molecule has 0 fully saturated rings. The average molecular weight is 502 g/mol. The molecule has 1 unspecified atom stereocenters. The second-order valence-corrected chi connectivity index (χ2v) is 9.87. The average Bonchev–Trinajstić information content (AvgIpc) is 3.32. The van der Waals surface area contributed by atoms with Crippen LogP contribution in [-0.4, -0.2) is 10.1 Å². The number of hydrogen-bond acceptors (Lipinski definition) is 3. The molecule has 4 nitrogen and oxygen atoms in total. The first-order chi connectivity index (χ1) is 16.6. The Bertz CT molecular complexity index is 1000. The van der Waals surface area contributed by atoms with E-state index >= 15 is 0 Å². The van der Waals surface area contributed by atoms with Crippen LogP contribution in [0, 0.1) is 0 Å². The number of nitrogens with zero attached hydrogens (tertiary/aromatic N) is 2. The molecule has 0 aliphatic heterocycles. The summed E-state index contributed by atoms with van der Waals surface area (Å²) in [7, 11) is 0. The van der Waals surface area contributed by atoms with E-state index < -0.39 is 0 Å². The minimum atomic E-state index is -0.348. The lowest BCUT2D eigenvalue weighted by atomic mass is 9.98. The predicted molar refractivity (Wildman–Crippen MR) is 141 cm³/mol. The third-order valence-electron chi connectivity index (χ3n) is 6.21. The maximum Gasteiger partial charge on any atom is 0.257 e. The highest BCUT2D eigenvalue weighted by molar-refractivity contribution is 6.42. The summed E-state index contributed by atoms with van der Waals surface area (Å²) in [5, 5.41) is 5.28. The molecule has 1 radical (unpaired) electrons. The molecule has 0 aliphatic carbocycles. The Kier molecular flexibility index (Phi) is 11.4. The summed E-state index contributed by atoms with van der Waals surface area (Å²) in [5.74, 6) is 1.30. The third kappa shape index (κ3) is 8.72. The minimum Gasteiger partial charge on any atom is -0.334 e. The maximum absolute atomic E-state index is 8.59. The van der Waals surface area contributed by atoms with Crippen LogP contribution in [0.3, 0.4) is 0 Å². The molecular formula is C28H36Cl2N3O. The summed E-state index contributed by atoms with van der Waals surface area (Å²) in [6.07, 6.45) is 14.0. The zero-order valence-corrected chi connectivity index (χ0v) is 21.7. The van der Waals surface area contributed by atoms with E-state index in [2.05, 4.69) is 17.1 Å². The molecule has 1 heterocycles. The standard InChI is InChI=1S/C28H36Cl2N3O/c1-2-3-4-5-6-7-8-9-10-14-27-32-28(34-33-27)23-13-11-12-22(20-23)26(31)18-16-21-15-17-24(29)25(30)19-21/h11-13,15,17,19-20,26,31H,2-10,14,16,18H2,1H3. The van der Waals surface area contributed by atoms with Gasteiger partial charge in [0, 0.05) is 18.0 Å². The number of unbranched alkanes of at least 4 members (excludes halogenated alkanes) is 8. The van der Waals surface area contributed by atoms with Crippen molar-refractivity contribution in [3.8, 4) is 11.5 Å². The number of aryl methyl sites for hydroxylation is 2. The Morgan fingerprint density at radius 2 is 1.59 bits per heavy atom. The van der Waals surface area contributed by atoms with Gasteiger partial charge in [0.25, 0.3) is 5.89 Å². The van der Waals surface area contributed by atoms with Gasteiger partial charge in [-0.2, -0.15) is 4.98 Å². The highest BCUT2D eigenvalue weighted by atomic mass is 35.5. The molecule has 6 heteroatoms. The molecule has 1 atom stereocenters. The molecule has 0 spiro atoms. The van der Waals surface area contributed by atoms with Gasteiger partial charge < -0.3 is 4.52 Å². The molecule has 2 aromatic carbocycles. The van der Waals surface area contributed by atoms with E-state index in [4.69, 9.17) is 33.5 Å². The smallest absolute Gasteiger partial charge is 0.257 e. The first-order valence-corrected chi connectivity index (χ1v) is 13.4. The molecule has 34 heavy (non-hydrogen) atoms. The van der Waals surface area contributed by atoms with Crippen molar-refractivity contribution in [1.82, 2.24) is 15.9 Å². The Balaban J connectivity index is 1.44. The van der Waals surface area contributed by atoms with E-state index in [9.17, 15) is 0 Å². The SMILES string of the molecule is CCCCCCCCCCCc1noc(-c2cccc(C([NH])CCc3ccc(Cl)c(Cl)c3)c2)n1. The lowest BCUT2D eigenvalue weighted by Gasteiger charge is -2.12. The van der Waals surface area contributed by atoms with E-state index in [-0.39, 0.29) is 6.04 Å². The molecule has 3 aromatic rings. The molecule has 1 N–H and O–H groups in total. The monoisotopic (exact) mass is 500 g/mol. The number of hydrogen-bond donors (Lipinski definition) is 0. The van der Waals surface area contributed by atoms with Crippen LogP contribution < -0.4 is 5.73 Å². The van der Waals surface area contributed by atoms with Crippen LogP contribution in [0.1, 0.15) is 94.1 Å². The number of halogens is 2. The van der Waals surface area contributed by atoms with E-state index in [0.717, 1.165) is 41.8 Å². The van der Waals surface area contributed by atoms with Gasteiger partial charge in [-0.05, 0) is 54.7 Å². The van der Waals surface area contributed by atoms with Gasteiger partial charge in [0.15, 0.2) is 5.82 Å². The number of aromatic nitrogens is 2. The Morgan fingerprint density at radius 1 is 0.853 bits per heavy atom. The highest BCUT2D eigenvalue weighted by Crippen LogP contribution is 2.27. The van der Waals surface area contributed by atoms with Crippen molar-refractivity contribution >= 4 is 23.2 Å². The van der Waals surface area contributed by atoms with Gasteiger partial charge >= 0.3 is 0 Å². The number of rotatable bonds is 15. The predicted octanol–water partition coefficient (Wildman–Crippen LogP) is 9.07. The molecule has 0 aliphatic rings. The highest BCUT2D eigenvalue weighted by Gasteiger charge is 2.13. The van der Waals surface area contributed by atoms with Crippen LogP contribution in [0.15, 0.2) is 47.0 Å². The zero-order chi connectivity index (χ0) is 24.2. The van der Waals surface area contributed by atoms with Crippen molar-refractivity contribution in [1.29, 1.82) is 0 Å². The van der Waals surface area contributed by atoms with Crippen LogP contribution in [0.2, 0.25) is 10.0 Å². The minimum absolute atomic E-state index is 0.348. The summed E-state index contributed by atoms with van der Waals surface area (Å²) >= 11 is 12.1. The van der Waals surface area contributed by atoms with Crippen molar-refractivity contribution in [3.05, 3.63) is 69.5 Å². The summed E-state index contributed by atoms with van der Waals surface area (Å²) in [4.78, 5) is 4.59. The van der Waals surface area contributed by atoms with Crippen LogP contribution in [0.5, 0.6) is 0 Å². The van der Waals surface area contributed by atoms with Gasteiger partial charge in [-0.1, -0.05) is 105 Å². The normalized spacial score (nSPS) is 12.2. The lowest BCUT2D eigenvalue weighted by Crippen LogP contribution is -2.02. The summed E-state index contributed by atoms with van der Waals surface area (Å²) in [5.41, 5.74) is 11.5. The van der Waals surface area contributed by atoms with Crippen molar-refractivity contribution < 1.29 is 4.52 Å². The van der Waals surface area contributed by atoms with Crippen LogP contribution >= 0.6 is 23.2 Å². The Morgan fingerprint density at radius 3 is 2.32 bits per heavy atom. The first kappa shape index (κ1) is 26.7. The fourth-order valence-corrected chi connectivity index (χ4v) is 4.45. The van der Waals surface area contributed by atoms with Gasteiger partial charge in [0.1, 0.15) is 0 Å². The van der Waals surface area contributed by atoms with E-state index in [1.54, 1.807) is 6.07 Å². The van der Waals surface area contributed by atoms with Crippen molar-refractivity contribution in [3.63, 3.8) is 0 Å². The molecule has 183 valence electrons. The maximum atomic E-state index is 8.59. The largest absolute Gasteiger partial charge is 0.334 e. The molecule has 1 aromatic heterocycles. The summed E-state index contributed by atoms with van der Waals surface area (Å²) in [6.45, 7) is 2.26. The molecule has 0 saturated heterocycles. The van der Waals surface area contributed by atoms with Gasteiger partial charge in [0.2, 0.25) is 0 Å². The first-order valence-electron chi connectivity index (χ1n) is 12.6. The fourth-order valence-electron chi connectivity index (χ4n) is 4.13.